The number of benzene rings is 1. The monoisotopic (exact) mass is 383 g/mol. The minimum atomic E-state index is -0.284. The molecule has 0 saturated carbocycles. The van der Waals surface area contributed by atoms with Crippen molar-refractivity contribution in [2.24, 2.45) is 0 Å². The Morgan fingerprint density at radius 2 is 2.04 bits per heavy atom. The molecule has 0 radical (unpaired) electrons. The number of nitrogens with zero attached hydrogens (tertiary/aromatic N) is 5. The number of anilines is 1. The van der Waals surface area contributed by atoms with E-state index in [-0.39, 0.29) is 10.6 Å². The first-order valence-corrected chi connectivity index (χ1v) is 9.96. The van der Waals surface area contributed by atoms with Crippen molar-refractivity contribution in [1.82, 2.24) is 14.9 Å². The van der Waals surface area contributed by atoms with Crippen LogP contribution in [0.1, 0.15) is 17.6 Å². The van der Waals surface area contributed by atoms with Gasteiger partial charge in [-0.25, -0.2) is 4.98 Å². The summed E-state index contributed by atoms with van der Waals surface area (Å²) in [5, 5.41) is 15.6. The summed E-state index contributed by atoms with van der Waals surface area (Å²) in [6.45, 7) is 6.21. The molecule has 1 aliphatic heterocycles. The van der Waals surface area contributed by atoms with Gasteiger partial charge in [0.1, 0.15) is 5.69 Å². The van der Waals surface area contributed by atoms with E-state index in [0.29, 0.717) is 16.6 Å². The lowest BCUT2D eigenvalue weighted by molar-refractivity contribution is -0.382. The highest BCUT2D eigenvalue weighted by molar-refractivity contribution is 7.09. The van der Waals surface area contributed by atoms with E-state index in [4.69, 9.17) is 0 Å². The van der Waals surface area contributed by atoms with Crippen LogP contribution in [0.5, 0.6) is 0 Å². The smallest absolute Gasteiger partial charge is 0.301 e. The zero-order valence-corrected chi connectivity index (χ0v) is 16.0. The molecule has 7 nitrogen and oxygen atoms in total. The quantitative estimate of drug-likeness (QED) is 0.496. The van der Waals surface area contributed by atoms with E-state index in [1.807, 2.05) is 12.1 Å². The summed E-state index contributed by atoms with van der Waals surface area (Å²) in [6, 6.07) is 7.21. The molecule has 0 amide bonds. The van der Waals surface area contributed by atoms with Crippen molar-refractivity contribution in [3.05, 3.63) is 56.7 Å². The second kappa shape index (κ2) is 7.58. The molecule has 0 bridgehead atoms. The van der Waals surface area contributed by atoms with Crippen LogP contribution in [-0.4, -0.2) is 46.0 Å². The van der Waals surface area contributed by atoms with Crippen molar-refractivity contribution in [2.45, 2.75) is 19.9 Å². The number of thiazole rings is 1. The van der Waals surface area contributed by atoms with E-state index in [9.17, 15) is 10.1 Å². The second-order valence-electron chi connectivity index (χ2n) is 6.61. The predicted molar refractivity (Wildman–Crippen MR) is 107 cm³/mol. The third-order valence-corrected chi connectivity index (χ3v) is 5.96. The third kappa shape index (κ3) is 3.63. The molecule has 8 heteroatoms. The van der Waals surface area contributed by atoms with Gasteiger partial charge in [-0.3, -0.25) is 20.0 Å². The van der Waals surface area contributed by atoms with E-state index < -0.39 is 0 Å². The van der Waals surface area contributed by atoms with E-state index in [1.165, 1.54) is 5.01 Å². The van der Waals surface area contributed by atoms with Crippen molar-refractivity contribution in [2.75, 3.05) is 31.1 Å². The Bertz CT molecular complexity index is 966. The van der Waals surface area contributed by atoms with Crippen molar-refractivity contribution < 1.29 is 4.92 Å². The first kappa shape index (κ1) is 17.8. The number of fused-ring (bicyclic) bond motifs is 1. The molecule has 0 N–H and O–H groups in total. The van der Waals surface area contributed by atoms with Gasteiger partial charge in [-0.15, -0.1) is 11.3 Å². The van der Waals surface area contributed by atoms with E-state index in [0.717, 1.165) is 44.8 Å². The van der Waals surface area contributed by atoms with Crippen LogP contribution in [0.4, 0.5) is 11.4 Å². The number of hydrogen-bond donors (Lipinski definition) is 0. The van der Waals surface area contributed by atoms with Gasteiger partial charge in [-0.1, -0.05) is 6.92 Å². The van der Waals surface area contributed by atoms with E-state index >= 15 is 0 Å². The largest absolute Gasteiger partial charge is 0.363 e. The lowest BCUT2D eigenvalue weighted by Crippen LogP contribution is -2.46. The molecule has 0 unspecified atom stereocenters. The molecule has 140 valence electrons. The molecule has 27 heavy (non-hydrogen) atoms. The van der Waals surface area contributed by atoms with Crippen LogP contribution in [0, 0.1) is 10.1 Å². The maximum Gasteiger partial charge on any atom is 0.301 e. The van der Waals surface area contributed by atoms with Gasteiger partial charge in [-0.2, -0.15) is 0 Å². The fraction of sp³-hybridized carbons (Fsp3) is 0.368. The summed E-state index contributed by atoms with van der Waals surface area (Å²) in [4.78, 5) is 24.8. The Kier molecular flexibility index (Phi) is 5.00. The van der Waals surface area contributed by atoms with Crippen LogP contribution in [0.3, 0.4) is 0 Å². The molecule has 0 spiro atoms. The van der Waals surface area contributed by atoms with Gasteiger partial charge < -0.3 is 4.90 Å². The van der Waals surface area contributed by atoms with Gasteiger partial charge in [0.15, 0.2) is 0 Å². The van der Waals surface area contributed by atoms with Gasteiger partial charge in [0.25, 0.3) is 0 Å². The van der Waals surface area contributed by atoms with E-state index in [1.54, 1.807) is 29.7 Å². The van der Waals surface area contributed by atoms with Crippen LogP contribution in [0.25, 0.3) is 10.9 Å². The summed E-state index contributed by atoms with van der Waals surface area (Å²) in [6.07, 6.45) is 2.63. The molecule has 1 aromatic carbocycles. The van der Waals surface area contributed by atoms with Crippen molar-refractivity contribution in [3.63, 3.8) is 0 Å². The first-order chi connectivity index (χ1) is 13.2. The number of nitro groups is 1. The summed E-state index contributed by atoms with van der Waals surface area (Å²) < 4.78 is 0. The molecular weight excluding hydrogens is 362 g/mol. The van der Waals surface area contributed by atoms with Crippen molar-refractivity contribution in [3.8, 4) is 0 Å². The Labute approximate surface area is 161 Å². The lowest BCUT2D eigenvalue weighted by Gasteiger charge is -2.35. The zero-order chi connectivity index (χ0) is 18.8. The minimum Gasteiger partial charge on any atom is -0.363 e. The summed E-state index contributed by atoms with van der Waals surface area (Å²) >= 11 is 1.71. The Morgan fingerprint density at radius 1 is 1.22 bits per heavy atom. The summed E-state index contributed by atoms with van der Waals surface area (Å²) in [5.41, 5.74) is 2.61. The number of nitro benzene ring substituents is 1. The van der Waals surface area contributed by atoms with E-state index in [2.05, 4.69) is 32.1 Å². The maximum absolute atomic E-state index is 11.7. The normalized spacial score (nSPS) is 15.4. The fourth-order valence-corrected chi connectivity index (χ4v) is 4.27. The zero-order valence-electron chi connectivity index (χ0n) is 15.2. The average Bonchev–Trinajstić information content (AvgIpc) is 3.15. The topological polar surface area (TPSA) is 75.4 Å². The molecule has 3 heterocycles. The fourth-order valence-electron chi connectivity index (χ4n) is 3.53. The van der Waals surface area contributed by atoms with Crippen LogP contribution < -0.4 is 4.90 Å². The van der Waals surface area contributed by atoms with Crippen molar-refractivity contribution >= 4 is 33.6 Å². The summed E-state index contributed by atoms with van der Waals surface area (Å²) in [5.74, 6) is 0. The third-order valence-electron chi connectivity index (χ3n) is 4.92. The molecule has 0 aliphatic carbocycles. The Balaban J connectivity index is 1.51. The molecule has 1 saturated heterocycles. The standard InChI is InChI=1S/C19H21N5O2S/c1-2-18-21-14(13-27-18)12-22-8-10-23(11-9-22)17-6-5-16-15(4-3-7-20-16)19(17)24(25)26/h3-7,13H,2,8-12H2,1H3. The van der Waals surface area contributed by atoms with Gasteiger partial charge >= 0.3 is 5.69 Å². The van der Waals surface area contributed by atoms with Gasteiger partial charge in [0.05, 0.1) is 26.5 Å². The number of piperazine rings is 1. The van der Waals surface area contributed by atoms with Crippen LogP contribution in [-0.2, 0) is 13.0 Å². The average molecular weight is 383 g/mol. The number of aromatic nitrogens is 2. The van der Waals surface area contributed by atoms with Gasteiger partial charge in [0, 0.05) is 44.3 Å². The molecule has 1 fully saturated rings. The molecule has 1 aliphatic rings. The molecule has 2 aromatic heterocycles. The van der Waals surface area contributed by atoms with Crippen LogP contribution in [0.15, 0.2) is 35.8 Å². The highest BCUT2D eigenvalue weighted by atomic mass is 32.1. The predicted octanol–water partition coefficient (Wildman–Crippen LogP) is 3.48. The lowest BCUT2D eigenvalue weighted by atomic mass is 10.1. The first-order valence-electron chi connectivity index (χ1n) is 9.08. The van der Waals surface area contributed by atoms with Gasteiger partial charge in [-0.05, 0) is 30.7 Å². The Hall–Kier alpha value is -2.58. The van der Waals surface area contributed by atoms with Crippen LogP contribution >= 0.6 is 11.3 Å². The number of rotatable bonds is 5. The molecule has 4 rings (SSSR count). The van der Waals surface area contributed by atoms with Crippen molar-refractivity contribution in [1.29, 1.82) is 0 Å². The number of pyridine rings is 1. The highest BCUT2D eigenvalue weighted by Crippen LogP contribution is 2.35. The van der Waals surface area contributed by atoms with Gasteiger partial charge in [0.2, 0.25) is 0 Å². The number of aryl methyl sites for hydroxylation is 1. The maximum atomic E-state index is 11.7. The second-order valence-corrected chi connectivity index (χ2v) is 7.55. The SMILES string of the molecule is CCc1nc(CN2CCN(c3ccc4ncccc4c3[N+](=O)[O-])CC2)cs1. The number of hydrogen-bond acceptors (Lipinski definition) is 7. The highest BCUT2D eigenvalue weighted by Gasteiger charge is 2.26. The molecular formula is C19H21N5O2S. The molecule has 0 atom stereocenters. The van der Waals surface area contributed by atoms with Crippen LogP contribution in [0.2, 0.25) is 0 Å². The molecule has 3 aromatic rings. The minimum absolute atomic E-state index is 0.154. The Morgan fingerprint density at radius 3 is 2.74 bits per heavy atom. The summed E-state index contributed by atoms with van der Waals surface area (Å²) in [7, 11) is 0.